The van der Waals surface area contributed by atoms with Crippen LogP contribution in [0.2, 0.25) is 0 Å². The van der Waals surface area contributed by atoms with Gasteiger partial charge in [-0.25, -0.2) is 0 Å². The molecule has 156 valence electrons. The normalized spacial score (nSPS) is 15.6. The molecule has 6 heteroatoms. The van der Waals surface area contributed by atoms with E-state index in [1.165, 1.54) is 0 Å². The number of carbonyl (C=O) groups is 1. The van der Waals surface area contributed by atoms with Crippen LogP contribution in [0.25, 0.3) is 0 Å². The van der Waals surface area contributed by atoms with Crippen molar-refractivity contribution in [3.63, 3.8) is 0 Å². The number of aryl methyl sites for hydroxylation is 1. The standard InChI is InChI=1S/C23H29NO5/c1-5-27-19-13-16(14-20(28-6-2)22(19)29-7-3)23(26)24-12-11-18(25)17-10-8-9-15(4)21(17)24/h8-10,13-14,18,25H,5-7,11-12H2,1-4H3. The van der Waals surface area contributed by atoms with E-state index in [0.29, 0.717) is 55.6 Å². The maximum Gasteiger partial charge on any atom is 0.258 e. The fraction of sp³-hybridized carbons (Fsp3) is 0.435. The van der Waals surface area contributed by atoms with E-state index in [1.807, 2.05) is 45.9 Å². The Labute approximate surface area is 172 Å². The van der Waals surface area contributed by atoms with Gasteiger partial charge in [-0.15, -0.1) is 0 Å². The first kappa shape index (κ1) is 21.0. The zero-order valence-corrected chi connectivity index (χ0v) is 17.5. The van der Waals surface area contributed by atoms with Gasteiger partial charge in [0.25, 0.3) is 5.91 Å². The minimum atomic E-state index is -0.563. The SMILES string of the molecule is CCOc1cc(C(=O)N2CCC(O)c3cccc(C)c32)cc(OCC)c1OCC. The van der Waals surface area contributed by atoms with Crippen LogP contribution in [0.15, 0.2) is 30.3 Å². The van der Waals surface area contributed by atoms with E-state index in [-0.39, 0.29) is 5.91 Å². The Hall–Kier alpha value is -2.73. The number of benzene rings is 2. The topological polar surface area (TPSA) is 68.2 Å². The smallest absolute Gasteiger partial charge is 0.258 e. The fourth-order valence-electron chi connectivity index (χ4n) is 3.71. The first-order valence-corrected chi connectivity index (χ1v) is 10.2. The molecule has 1 unspecified atom stereocenters. The van der Waals surface area contributed by atoms with Crippen molar-refractivity contribution in [1.82, 2.24) is 0 Å². The number of ether oxygens (including phenoxy) is 3. The number of amides is 1. The minimum absolute atomic E-state index is 0.155. The summed E-state index contributed by atoms with van der Waals surface area (Å²) in [6.45, 7) is 9.41. The lowest BCUT2D eigenvalue weighted by Gasteiger charge is -2.34. The second-order valence-electron chi connectivity index (χ2n) is 6.87. The van der Waals surface area contributed by atoms with E-state index in [1.54, 1.807) is 17.0 Å². The quantitative estimate of drug-likeness (QED) is 0.753. The maximum atomic E-state index is 13.5. The highest BCUT2D eigenvalue weighted by molar-refractivity contribution is 6.08. The maximum absolute atomic E-state index is 13.5. The summed E-state index contributed by atoms with van der Waals surface area (Å²) in [5.41, 5.74) is 2.98. The van der Waals surface area contributed by atoms with E-state index in [9.17, 15) is 9.90 Å². The molecule has 0 spiro atoms. The molecule has 0 fully saturated rings. The van der Waals surface area contributed by atoms with Crippen LogP contribution in [0, 0.1) is 6.92 Å². The van der Waals surface area contributed by atoms with Gasteiger partial charge in [-0.3, -0.25) is 4.79 Å². The summed E-state index contributed by atoms with van der Waals surface area (Å²) in [5, 5.41) is 10.4. The Morgan fingerprint density at radius 1 is 1.07 bits per heavy atom. The Bertz CT molecular complexity index is 853. The molecule has 0 bridgehead atoms. The number of aliphatic hydroxyl groups is 1. The molecule has 1 heterocycles. The van der Waals surface area contributed by atoms with Gasteiger partial charge >= 0.3 is 0 Å². The Kier molecular flexibility index (Phi) is 6.64. The molecule has 1 aliphatic heterocycles. The summed E-state index contributed by atoms with van der Waals surface area (Å²) in [7, 11) is 0. The van der Waals surface area contributed by atoms with Crippen molar-refractivity contribution in [3.05, 3.63) is 47.0 Å². The van der Waals surface area contributed by atoms with Gasteiger partial charge in [0.15, 0.2) is 11.5 Å². The lowest BCUT2D eigenvalue weighted by atomic mass is 9.95. The van der Waals surface area contributed by atoms with Crippen molar-refractivity contribution in [1.29, 1.82) is 0 Å². The average molecular weight is 399 g/mol. The highest BCUT2D eigenvalue weighted by atomic mass is 16.5. The van der Waals surface area contributed by atoms with Crippen LogP contribution < -0.4 is 19.1 Å². The summed E-state index contributed by atoms with van der Waals surface area (Å²) in [6, 6.07) is 9.15. The number of nitrogens with zero attached hydrogens (tertiary/aromatic N) is 1. The van der Waals surface area contributed by atoms with E-state index < -0.39 is 6.10 Å². The van der Waals surface area contributed by atoms with Gasteiger partial charge in [0.05, 0.1) is 31.6 Å². The van der Waals surface area contributed by atoms with Gasteiger partial charge in [-0.1, -0.05) is 18.2 Å². The molecule has 0 radical (unpaired) electrons. The van der Waals surface area contributed by atoms with Gasteiger partial charge in [0.1, 0.15) is 0 Å². The number of hydrogen-bond donors (Lipinski definition) is 1. The van der Waals surface area contributed by atoms with Crippen molar-refractivity contribution >= 4 is 11.6 Å². The molecule has 6 nitrogen and oxygen atoms in total. The molecule has 1 aliphatic rings. The first-order chi connectivity index (χ1) is 14.0. The Morgan fingerprint density at radius 2 is 1.69 bits per heavy atom. The van der Waals surface area contributed by atoms with Crippen LogP contribution in [0.3, 0.4) is 0 Å². The van der Waals surface area contributed by atoms with E-state index in [4.69, 9.17) is 14.2 Å². The highest BCUT2D eigenvalue weighted by Crippen LogP contribution is 2.41. The van der Waals surface area contributed by atoms with Gasteiger partial charge in [-0.2, -0.15) is 0 Å². The molecule has 1 amide bonds. The van der Waals surface area contributed by atoms with E-state index >= 15 is 0 Å². The predicted molar refractivity (Wildman–Crippen MR) is 112 cm³/mol. The molecule has 0 aliphatic carbocycles. The lowest BCUT2D eigenvalue weighted by molar-refractivity contribution is 0.0969. The van der Waals surface area contributed by atoms with Crippen molar-refractivity contribution in [2.45, 2.75) is 40.2 Å². The van der Waals surface area contributed by atoms with Crippen molar-refractivity contribution in [2.24, 2.45) is 0 Å². The second-order valence-corrected chi connectivity index (χ2v) is 6.87. The molecule has 29 heavy (non-hydrogen) atoms. The van der Waals surface area contributed by atoms with E-state index in [0.717, 1.165) is 16.8 Å². The van der Waals surface area contributed by atoms with Crippen LogP contribution in [0.4, 0.5) is 5.69 Å². The molecule has 1 atom stereocenters. The largest absolute Gasteiger partial charge is 0.490 e. The van der Waals surface area contributed by atoms with Gasteiger partial charge < -0.3 is 24.2 Å². The number of rotatable bonds is 7. The molecule has 2 aromatic rings. The Morgan fingerprint density at radius 3 is 2.28 bits per heavy atom. The Balaban J connectivity index is 2.07. The van der Waals surface area contributed by atoms with Crippen LogP contribution in [-0.4, -0.2) is 37.4 Å². The first-order valence-electron chi connectivity index (χ1n) is 10.2. The summed E-state index contributed by atoms with van der Waals surface area (Å²) < 4.78 is 17.2. The molecule has 0 aromatic heterocycles. The van der Waals surface area contributed by atoms with Crippen LogP contribution >= 0.6 is 0 Å². The molecular weight excluding hydrogens is 370 g/mol. The second kappa shape index (κ2) is 9.18. The number of para-hydroxylation sites is 1. The molecule has 3 rings (SSSR count). The zero-order chi connectivity index (χ0) is 21.0. The minimum Gasteiger partial charge on any atom is -0.490 e. The summed E-state index contributed by atoms with van der Waals surface area (Å²) in [4.78, 5) is 15.2. The van der Waals surface area contributed by atoms with Crippen molar-refractivity contribution in [2.75, 3.05) is 31.3 Å². The van der Waals surface area contributed by atoms with Gasteiger partial charge in [0.2, 0.25) is 5.75 Å². The molecule has 2 aromatic carbocycles. The third-order valence-electron chi connectivity index (χ3n) is 4.93. The number of anilines is 1. The third-order valence-corrected chi connectivity index (χ3v) is 4.93. The van der Waals surface area contributed by atoms with Gasteiger partial charge in [0, 0.05) is 17.7 Å². The molecule has 1 N–H and O–H groups in total. The summed E-state index contributed by atoms with van der Waals surface area (Å²) in [6.07, 6.45) is -0.0668. The van der Waals surface area contributed by atoms with Crippen LogP contribution in [-0.2, 0) is 0 Å². The summed E-state index contributed by atoms with van der Waals surface area (Å²) in [5.74, 6) is 1.34. The summed E-state index contributed by atoms with van der Waals surface area (Å²) >= 11 is 0. The predicted octanol–water partition coefficient (Wildman–Crippen LogP) is 4.28. The number of carbonyl (C=O) groups excluding carboxylic acids is 1. The number of fused-ring (bicyclic) bond motifs is 1. The molecule has 0 saturated heterocycles. The van der Waals surface area contributed by atoms with Gasteiger partial charge in [-0.05, 0) is 51.8 Å². The van der Waals surface area contributed by atoms with Crippen LogP contribution in [0.5, 0.6) is 17.2 Å². The lowest BCUT2D eigenvalue weighted by Crippen LogP contribution is -2.37. The average Bonchev–Trinajstić information content (AvgIpc) is 2.71. The van der Waals surface area contributed by atoms with Crippen molar-refractivity contribution in [3.8, 4) is 17.2 Å². The highest BCUT2D eigenvalue weighted by Gasteiger charge is 2.30. The fourth-order valence-corrected chi connectivity index (χ4v) is 3.71. The number of hydrogen-bond acceptors (Lipinski definition) is 5. The molecular formula is C23H29NO5. The van der Waals surface area contributed by atoms with Crippen LogP contribution in [0.1, 0.15) is 54.8 Å². The van der Waals surface area contributed by atoms with E-state index in [2.05, 4.69) is 0 Å². The third kappa shape index (κ3) is 4.17. The number of aliphatic hydroxyl groups excluding tert-OH is 1. The molecule has 0 saturated carbocycles. The van der Waals surface area contributed by atoms with Crippen molar-refractivity contribution < 1.29 is 24.1 Å². The zero-order valence-electron chi connectivity index (χ0n) is 17.5. The monoisotopic (exact) mass is 399 g/mol.